The molecule has 2 aromatic rings. The van der Waals surface area contributed by atoms with Crippen molar-refractivity contribution in [3.8, 4) is 0 Å². The summed E-state index contributed by atoms with van der Waals surface area (Å²) in [6, 6.07) is 0. The van der Waals surface area contributed by atoms with Gasteiger partial charge in [-0.15, -0.1) is 10.2 Å². The van der Waals surface area contributed by atoms with Crippen molar-refractivity contribution < 1.29 is 5.11 Å². The van der Waals surface area contributed by atoms with E-state index in [0.717, 1.165) is 17.4 Å². The van der Waals surface area contributed by atoms with Crippen LogP contribution < -0.4 is 0 Å². The van der Waals surface area contributed by atoms with Crippen LogP contribution in [0.5, 0.6) is 0 Å². The zero-order valence-corrected chi connectivity index (χ0v) is 12.1. The van der Waals surface area contributed by atoms with Crippen molar-refractivity contribution in [1.82, 2.24) is 24.7 Å². The molecular weight excluding hydrogens is 318 g/mol. The number of aliphatic hydroxyl groups excluding tert-OH is 1. The van der Waals surface area contributed by atoms with E-state index in [2.05, 4.69) is 43.0 Å². The number of hydrogen-bond acceptors (Lipinski definition) is 6. The SMILES string of the molecule is CCCn1c(CO)nnc1Sc1ncc(Br)cn1. The summed E-state index contributed by atoms with van der Waals surface area (Å²) in [5.41, 5.74) is 0. The minimum Gasteiger partial charge on any atom is -0.388 e. The van der Waals surface area contributed by atoms with Crippen LogP contribution in [0.1, 0.15) is 19.2 Å². The number of rotatable bonds is 5. The zero-order chi connectivity index (χ0) is 13.0. The van der Waals surface area contributed by atoms with Gasteiger partial charge < -0.3 is 9.67 Å². The highest BCUT2D eigenvalue weighted by molar-refractivity contribution is 9.10. The van der Waals surface area contributed by atoms with E-state index in [1.54, 1.807) is 12.4 Å². The predicted molar refractivity (Wildman–Crippen MR) is 70.1 cm³/mol. The summed E-state index contributed by atoms with van der Waals surface area (Å²) in [6.45, 7) is 2.71. The monoisotopic (exact) mass is 329 g/mol. The van der Waals surface area contributed by atoms with Crippen molar-refractivity contribution in [3.05, 3.63) is 22.7 Å². The van der Waals surface area contributed by atoms with Gasteiger partial charge in [0, 0.05) is 18.9 Å². The average molecular weight is 330 g/mol. The summed E-state index contributed by atoms with van der Waals surface area (Å²) in [5, 5.41) is 18.5. The van der Waals surface area contributed by atoms with Gasteiger partial charge in [0.15, 0.2) is 16.1 Å². The van der Waals surface area contributed by atoms with E-state index < -0.39 is 0 Å². The molecule has 0 spiro atoms. The van der Waals surface area contributed by atoms with Gasteiger partial charge >= 0.3 is 0 Å². The van der Waals surface area contributed by atoms with Gasteiger partial charge in [-0.3, -0.25) is 0 Å². The topological polar surface area (TPSA) is 76.7 Å². The molecular formula is C10H12BrN5OS. The first-order valence-corrected chi connectivity index (χ1v) is 7.04. The lowest BCUT2D eigenvalue weighted by Crippen LogP contribution is -2.04. The molecule has 0 aliphatic rings. The van der Waals surface area contributed by atoms with Gasteiger partial charge in [0.05, 0.1) is 4.47 Å². The maximum atomic E-state index is 9.19. The van der Waals surface area contributed by atoms with E-state index in [9.17, 15) is 5.11 Å². The Labute approximate surface area is 117 Å². The van der Waals surface area contributed by atoms with Crippen LogP contribution in [0, 0.1) is 0 Å². The van der Waals surface area contributed by atoms with E-state index in [1.807, 2.05) is 4.57 Å². The van der Waals surface area contributed by atoms with Crippen LogP contribution >= 0.6 is 27.7 Å². The van der Waals surface area contributed by atoms with E-state index in [4.69, 9.17) is 0 Å². The molecule has 0 saturated heterocycles. The summed E-state index contributed by atoms with van der Waals surface area (Å²) in [7, 11) is 0. The molecule has 8 heteroatoms. The Balaban J connectivity index is 2.22. The molecule has 2 aromatic heterocycles. The van der Waals surface area contributed by atoms with Crippen molar-refractivity contribution in [1.29, 1.82) is 0 Å². The van der Waals surface area contributed by atoms with Crippen LogP contribution in [0.3, 0.4) is 0 Å². The molecule has 2 rings (SSSR count). The maximum Gasteiger partial charge on any atom is 0.199 e. The second-order valence-electron chi connectivity index (χ2n) is 3.49. The third kappa shape index (κ3) is 3.06. The van der Waals surface area contributed by atoms with Crippen LogP contribution in [0.15, 0.2) is 27.2 Å². The van der Waals surface area contributed by atoms with Gasteiger partial charge in [-0.1, -0.05) is 6.92 Å². The Morgan fingerprint density at radius 3 is 2.67 bits per heavy atom. The lowest BCUT2D eigenvalue weighted by atomic mass is 10.4. The molecule has 18 heavy (non-hydrogen) atoms. The molecule has 1 N–H and O–H groups in total. The highest BCUT2D eigenvalue weighted by Gasteiger charge is 2.13. The quantitative estimate of drug-likeness (QED) is 0.844. The maximum absolute atomic E-state index is 9.19. The Morgan fingerprint density at radius 1 is 1.33 bits per heavy atom. The standard InChI is InChI=1S/C10H12BrN5OS/c1-2-3-16-8(6-17)14-15-10(16)18-9-12-4-7(11)5-13-9/h4-5,17H,2-3,6H2,1H3. The first kappa shape index (κ1) is 13.4. The average Bonchev–Trinajstić information content (AvgIpc) is 2.75. The van der Waals surface area contributed by atoms with Crippen molar-refractivity contribution in [2.24, 2.45) is 0 Å². The molecule has 0 radical (unpaired) electrons. The minimum atomic E-state index is -0.116. The smallest absolute Gasteiger partial charge is 0.199 e. The number of hydrogen-bond donors (Lipinski definition) is 1. The van der Waals surface area contributed by atoms with Crippen LogP contribution in [0.2, 0.25) is 0 Å². The molecule has 0 aliphatic heterocycles. The number of nitrogens with zero attached hydrogens (tertiary/aromatic N) is 5. The van der Waals surface area contributed by atoms with Crippen LogP contribution in [-0.2, 0) is 13.2 Å². The number of halogens is 1. The highest BCUT2D eigenvalue weighted by Crippen LogP contribution is 2.24. The number of aromatic nitrogens is 5. The van der Waals surface area contributed by atoms with Crippen molar-refractivity contribution in [2.75, 3.05) is 0 Å². The van der Waals surface area contributed by atoms with Crippen molar-refractivity contribution in [3.63, 3.8) is 0 Å². The fourth-order valence-electron chi connectivity index (χ4n) is 1.39. The first-order valence-electron chi connectivity index (χ1n) is 5.43. The third-order valence-corrected chi connectivity index (χ3v) is 3.45. The lowest BCUT2D eigenvalue weighted by molar-refractivity contribution is 0.263. The third-order valence-electron chi connectivity index (χ3n) is 2.16. The largest absolute Gasteiger partial charge is 0.388 e. The Morgan fingerprint density at radius 2 is 2.06 bits per heavy atom. The zero-order valence-electron chi connectivity index (χ0n) is 9.75. The van der Waals surface area contributed by atoms with Gasteiger partial charge in [0.2, 0.25) is 0 Å². The summed E-state index contributed by atoms with van der Waals surface area (Å²) in [5.74, 6) is 0.566. The summed E-state index contributed by atoms with van der Waals surface area (Å²) < 4.78 is 2.72. The van der Waals surface area contributed by atoms with Gasteiger partial charge in [-0.05, 0) is 34.1 Å². The molecule has 0 bridgehead atoms. The summed E-state index contributed by atoms with van der Waals surface area (Å²) >= 11 is 4.62. The molecule has 0 unspecified atom stereocenters. The second-order valence-corrected chi connectivity index (χ2v) is 5.34. The van der Waals surface area contributed by atoms with E-state index in [0.29, 0.717) is 16.1 Å². The Kier molecular flexibility index (Phi) is 4.67. The second kappa shape index (κ2) is 6.26. The van der Waals surface area contributed by atoms with Crippen LogP contribution in [-0.4, -0.2) is 29.8 Å². The van der Waals surface area contributed by atoms with Gasteiger partial charge in [0.25, 0.3) is 0 Å². The van der Waals surface area contributed by atoms with E-state index in [1.165, 1.54) is 11.8 Å². The van der Waals surface area contributed by atoms with Crippen LogP contribution in [0.4, 0.5) is 0 Å². The van der Waals surface area contributed by atoms with Crippen LogP contribution in [0.25, 0.3) is 0 Å². The summed E-state index contributed by atoms with van der Waals surface area (Å²) in [4.78, 5) is 8.34. The normalized spacial score (nSPS) is 10.8. The Hall–Kier alpha value is -0.990. The molecule has 0 aliphatic carbocycles. The van der Waals surface area contributed by atoms with Crippen molar-refractivity contribution in [2.45, 2.75) is 36.8 Å². The predicted octanol–water partition coefficient (Wildman–Crippen LogP) is 1.88. The van der Waals surface area contributed by atoms with Gasteiger partial charge in [-0.2, -0.15) is 0 Å². The Bertz CT molecular complexity index is 515. The molecule has 0 amide bonds. The number of aliphatic hydroxyl groups is 1. The van der Waals surface area contributed by atoms with Crippen molar-refractivity contribution >= 4 is 27.7 Å². The fraction of sp³-hybridized carbons (Fsp3) is 0.400. The highest BCUT2D eigenvalue weighted by atomic mass is 79.9. The molecule has 0 aromatic carbocycles. The molecule has 96 valence electrons. The molecule has 2 heterocycles. The molecule has 0 atom stereocenters. The fourth-order valence-corrected chi connectivity index (χ4v) is 2.36. The van der Waals surface area contributed by atoms with Gasteiger partial charge in [0.1, 0.15) is 6.61 Å². The molecule has 6 nitrogen and oxygen atoms in total. The molecule has 0 saturated carbocycles. The molecule has 0 fully saturated rings. The summed E-state index contributed by atoms with van der Waals surface area (Å²) in [6.07, 6.45) is 4.31. The van der Waals surface area contributed by atoms with Gasteiger partial charge in [-0.25, -0.2) is 9.97 Å². The van der Waals surface area contributed by atoms with E-state index >= 15 is 0 Å². The first-order chi connectivity index (χ1) is 8.74. The minimum absolute atomic E-state index is 0.116. The lowest BCUT2D eigenvalue weighted by Gasteiger charge is -2.06. The van der Waals surface area contributed by atoms with E-state index in [-0.39, 0.29) is 6.61 Å².